The second kappa shape index (κ2) is 6.43. The minimum atomic E-state index is 0.000594. The topological polar surface area (TPSA) is 47.0 Å². The Morgan fingerprint density at radius 2 is 1.95 bits per heavy atom. The van der Waals surface area contributed by atoms with Crippen LogP contribution in [0.4, 0.5) is 5.95 Å². The maximum absolute atomic E-state index is 6.02. The van der Waals surface area contributed by atoms with Crippen molar-refractivity contribution in [3.63, 3.8) is 0 Å². The molecule has 1 heterocycles. The molecular weight excluding hydrogens is 330 g/mol. The van der Waals surface area contributed by atoms with Crippen molar-refractivity contribution >= 4 is 21.9 Å². The molecule has 4 nitrogen and oxygen atoms in total. The van der Waals surface area contributed by atoms with Crippen molar-refractivity contribution in [2.75, 3.05) is 11.9 Å². The van der Waals surface area contributed by atoms with E-state index >= 15 is 0 Å². The number of nitrogens with one attached hydrogen (secondary N) is 1. The highest BCUT2D eigenvalue weighted by Crippen LogP contribution is 2.35. The zero-order valence-electron chi connectivity index (χ0n) is 12.8. The molecular formula is C16H20BrN3O. The minimum absolute atomic E-state index is 0.000594. The first kappa shape index (κ1) is 15.8. The summed E-state index contributed by atoms with van der Waals surface area (Å²) in [5, 5.41) is 3.08. The first-order valence-electron chi connectivity index (χ1n) is 6.95. The fraction of sp³-hybridized carbons (Fsp3) is 0.375. The van der Waals surface area contributed by atoms with Gasteiger partial charge in [0.05, 0.1) is 10.7 Å². The summed E-state index contributed by atoms with van der Waals surface area (Å²) < 4.78 is 6.75. The number of hydrogen-bond acceptors (Lipinski definition) is 4. The van der Waals surface area contributed by atoms with E-state index in [1.807, 2.05) is 25.1 Å². The Bertz CT molecular complexity index is 623. The van der Waals surface area contributed by atoms with Gasteiger partial charge in [-0.05, 0) is 34.3 Å². The number of rotatable bonds is 4. The van der Waals surface area contributed by atoms with Gasteiger partial charge in [0, 0.05) is 12.1 Å². The fourth-order valence-electron chi connectivity index (χ4n) is 1.95. The number of halogens is 1. The van der Waals surface area contributed by atoms with E-state index < -0.39 is 0 Å². The lowest BCUT2D eigenvalue weighted by Crippen LogP contribution is -2.12. The van der Waals surface area contributed by atoms with Crippen LogP contribution in [-0.4, -0.2) is 16.5 Å². The van der Waals surface area contributed by atoms with E-state index in [2.05, 4.69) is 58.1 Å². The van der Waals surface area contributed by atoms with Gasteiger partial charge in [0.2, 0.25) is 11.8 Å². The zero-order chi connectivity index (χ0) is 15.5. The molecule has 0 amide bonds. The van der Waals surface area contributed by atoms with E-state index in [-0.39, 0.29) is 5.41 Å². The van der Waals surface area contributed by atoms with Crippen LogP contribution in [0.5, 0.6) is 11.6 Å². The molecule has 1 aromatic heterocycles. The number of benzene rings is 1. The molecule has 1 aromatic carbocycles. The predicted octanol–water partition coefficient (Wildman–Crippen LogP) is 4.76. The summed E-state index contributed by atoms with van der Waals surface area (Å²) in [5.41, 5.74) is 1.14. The van der Waals surface area contributed by atoms with Crippen LogP contribution in [0.2, 0.25) is 0 Å². The van der Waals surface area contributed by atoms with Gasteiger partial charge in [-0.1, -0.05) is 39.0 Å². The fourth-order valence-corrected chi connectivity index (χ4v) is 2.22. The molecule has 0 unspecified atom stereocenters. The third-order valence-electron chi connectivity index (χ3n) is 2.95. The van der Waals surface area contributed by atoms with Gasteiger partial charge in [-0.15, -0.1) is 0 Å². The van der Waals surface area contributed by atoms with Crippen LogP contribution in [-0.2, 0) is 5.41 Å². The predicted molar refractivity (Wildman–Crippen MR) is 89.1 cm³/mol. The van der Waals surface area contributed by atoms with Gasteiger partial charge in [0.15, 0.2) is 0 Å². The van der Waals surface area contributed by atoms with Gasteiger partial charge >= 0.3 is 0 Å². The second-order valence-corrected chi connectivity index (χ2v) is 6.58. The van der Waals surface area contributed by atoms with Crippen molar-refractivity contribution in [1.82, 2.24) is 9.97 Å². The monoisotopic (exact) mass is 349 g/mol. The van der Waals surface area contributed by atoms with E-state index in [1.165, 1.54) is 0 Å². The van der Waals surface area contributed by atoms with Gasteiger partial charge < -0.3 is 10.1 Å². The minimum Gasteiger partial charge on any atom is -0.437 e. The van der Waals surface area contributed by atoms with Crippen LogP contribution in [0.15, 0.2) is 34.9 Å². The van der Waals surface area contributed by atoms with Crippen molar-refractivity contribution in [3.05, 3.63) is 40.5 Å². The second-order valence-electron chi connectivity index (χ2n) is 5.73. The van der Waals surface area contributed by atoms with Gasteiger partial charge in [-0.25, -0.2) is 4.98 Å². The summed E-state index contributed by atoms with van der Waals surface area (Å²) in [6, 6.07) is 8.02. The van der Waals surface area contributed by atoms with E-state index in [9.17, 15) is 0 Å². The normalized spacial score (nSPS) is 11.3. The SMILES string of the molecule is CCNc1ncc(Br)c(Oc2ccccc2C(C)(C)C)n1. The molecule has 2 aromatic rings. The number of nitrogens with zero attached hydrogens (tertiary/aromatic N) is 2. The Morgan fingerprint density at radius 3 is 2.62 bits per heavy atom. The lowest BCUT2D eigenvalue weighted by molar-refractivity contribution is 0.436. The standard InChI is InChI=1S/C16H20BrN3O/c1-5-18-15-19-10-12(17)14(20-15)21-13-9-7-6-8-11(13)16(2,3)4/h6-10H,5H2,1-4H3,(H,18,19,20). The largest absolute Gasteiger partial charge is 0.437 e. The van der Waals surface area contributed by atoms with Crippen LogP contribution < -0.4 is 10.1 Å². The Balaban J connectivity index is 2.36. The third kappa shape index (κ3) is 3.94. The number of anilines is 1. The van der Waals surface area contributed by atoms with Gasteiger partial charge in [0.25, 0.3) is 0 Å². The number of hydrogen-bond donors (Lipinski definition) is 1. The van der Waals surface area contributed by atoms with Crippen LogP contribution >= 0.6 is 15.9 Å². The molecule has 0 aliphatic rings. The van der Waals surface area contributed by atoms with Crippen LogP contribution in [0.1, 0.15) is 33.3 Å². The quantitative estimate of drug-likeness (QED) is 0.864. The van der Waals surface area contributed by atoms with Gasteiger partial charge in [-0.3, -0.25) is 0 Å². The lowest BCUT2D eigenvalue weighted by Gasteiger charge is -2.22. The first-order valence-corrected chi connectivity index (χ1v) is 7.75. The highest BCUT2D eigenvalue weighted by Gasteiger charge is 2.19. The van der Waals surface area contributed by atoms with Gasteiger partial charge in [-0.2, -0.15) is 4.98 Å². The molecule has 0 saturated heterocycles. The molecule has 1 N–H and O–H groups in total. The molecule has 0 bridgehead atoms. The van der Waals surface area contributed by atoms with Crippen molar-refractivity contribution in [2.24, 2.45) is 0 Å². The Hall–Kier alpha value is -1.62. The highest BCUT2D eigenvalue weighted by molar-refractivity contribution is 9.10. The molecule has 0 radical (unpaired) electrons. The smallest absolute Gasteiger partial charge is 0.238 e. The highest BCUT2D eigenvalue weighted by atomic mass is 79.9. The first-order chi connectivity index (χ1) is 9.91. The molecule has 0 saturated carbocycles. The molecule has 0 aliphatic heterocycles. The number of aromatic nitrogens is 2. The molecule has 5 heteroatoms. The molecule has 112 valence electrons. The molecule has 0 spiro atoms. The molecule has 0 atom stereocenters. The Labute approximate surface area is 134 Å². The van der Waals surface area contributed by atoms with Crippen LogP contribution in [0.25, 0.3) is 0 Å². The number of para-hydroxylation sites is 1. The van der Waals surface area contributed by atoms with E-state index in [4.69, 9.17) is 4.74 Å². The maximum atomic E-state index is 6.02. The van der Waals surface area contributed by atoms with Crippen molar-refractivity contribution < 1.29 is 4.74 Å². The number of ether oxygens (including phenoxy) is 1. The van der Waals surface area contributed by atoms with E-state index in [0.717, 1.165) is 22.3 Å². The summed E-state index contributed by atoms with van der Waals surface area (Å²) in [6.07, 6.45) is 1.69. The summed E-state index contributed by atoms with van der Waals surface area (Å²) in [7, 11) is 0. The summed E-state index contributed by atoms with van der Waals surface area (Å²) in [5.74, 6) is 1.88. The third-order valence-corrected chi connectivity index (χ3v) is 3.49. The van der Waals surface area contributed by atoms with Crippen molar-refractivity contribution in [1.29, 1.82) is 0 Å². The van der Waals surface area contributed by atoms with Crippen molar-refractivity contribution in [2.45, 2.75) is 33.1 Å². The maximum Gasteiger partial charge on any atom is 0.238 e. The molecule has 21 heavy (non-hydrogen) atoms. The average Bonchev–Trinajstić information content (AvgIpc) is 2.42. The summed E-state index contributed by atoms with van der Waals surface area (Å²) >= 11 is 3.44. The molecule has 2 rings (SSSR count). The van der Waals surface area contributed by atoms with Gasteiger partial charge in [0.1, 0.15) is 5.75 Å². The lowest BCUT2D eigenvalue weighted by atomic mass is 9.86. The van der Waals surface area contributed by atoms with Crippen LogP contribution in [0.3, 0.4) is 0 Å². The van der Waals surface area contributed by atoms with Crippen molar-refractivity contribution in [3.8, 4) is 11.6 Å². The van der Waals surface area contributed by atoms with Crippen LogP contribution in [0, 0.1) is 0 Å². The Kier molecular flexibility index (Phi) is 4.83. The van der Waals surface area contributed by atoms with E-state index in [1.54, 1.807) is 6.20 Å². The summed E-state index contributed by atoms with van der Waals surface area (Å²) in [4.78, 5) is 8.58. The Morgan fingerprint density at radius 1 is 1.24 bits per heavy atom. The zero-order valence-corrected chi connectivity index (χ0v) is 14.4. The molecule has 0 aliphatic carbocycles. The molecule has 0 fully saturated rings. The average molecular weight is 350 g/mol. The van der Waals surface area contributed by atoms with E-state index in [0.29, 0.717) is 11.8 Å². The summed E-state index contributed by atoms with van der Waals surface area (Å²) in [6.45, 7) is 9.25.